The second-order valence-corrected chi connectivity index (χ2v) is 9.89. The van der Waals surface area contributed by atoms with Gasteiger partial charge in [0.1, 0.15) is 5.78 Å². The van der Waals surface area contributed by atoms with Gasteiger partial charge in [-0.25, -0.2) is 0 Å². The van der Waals surface area contributed by atoms with Crippen LogP contribution < -0.4 is 5.73 Å². The second-order valence-electron chi connectivity index (χ2n) is 9.89. The number of carbonyl (C=O) groups excluding carboxylic acids is 1. The Morgan fingerprint density at radius 1 is 0.929 bits per heavy atom. The topological polar surface area (TPSA) is 43.1 Å². The summed E-state index contributed by atoms with van der Waals surface area (Å²) < 4.78 is 0. The van der Waals surface area contributed by atoms with Crippen molar-refractivity contribution < 1.29 is 4.79 Å². The minimum atomic E-state index is 0.332. The largest absolute Gasteiger partial charge is 0.398 e. The van der Waals surface area contributed by atoms with Gasteiger partial charge in [0.15, 0.2) is 0 Å². The highest BCUT2D eigenvalue weighted by atomic mass is 16.1. The Kier molecular flexibility index (Phi) is 7.60. The summed E-state index contributed by atoms with van der Waals surface area (Å²) in [6.45, 7) is 6.67. The van der Waals surface area contributed by atoms with E-state index in [9.17, 15) is 4.79 Å². The van der Waals surface area contributed by atoms with Gasteiger partial charge in [-0.2, -0.15) is 0 Å². The van der Waals surface area contributed by atoms with Crippen molar-refractivity contribution in [1.82, 2.24) is 0 Å². The lowest BCUT2D eigenvalue weighted by atomic mass is 9.76. The normalized spacial score (nSPS) is 27.6. The highest BCUT2D eigenvalue weighted by molar-refractivity contribution is 5.83. The van der Waals surface area contributed by atoms with Crippen LogP contribution in [-0.2, 0) is 11.2 Å². The van der Waals surface area contributed by atoms with Gasteiger partial charge >= 0.3 is 0 Å². The van der Waals surface area contributed by atoms with E-state index < -0.39 is 0 Å². The molecule has 2 saturated carbocycles. The van der Waals surface area contributed by atoms with E-state index in [1.165, 1.54) is 68.1 Å². The van der Waals surface area contributed by atoms with Gasteiger partial charge in [-0.15, -0.1) is 0 Å². The summed E-state index contributed by atoms with van der Waals surface area (Å²) in [6, 6.07) is 4.43. The lowest BCUT2D eigenvalue weighted by Crippen LogP contribution is -2.28. The Morgan fingerprint density at radius 3 is 2.32 bits per heavy atom. The lowest BCUT2D eigenvalue weighted by molar-refractivity contribution is -0.128. The zero-order valence-corrected chi connectivity index (χ0v) is 18.4. The minimum Gasteiger partial charge on any atom is -0.398 e. The minimum absolute atomic E-state index is 0.332. The molecule has 2 N–H and O–H groups in total. The molecule has 2 nitrogen and oxygen atoms in total. The number of nitrogens with two attached hydrogens (primary N) is 1. The van der Waals surface area contributed by atoms with E-state index in [4.69, 9.17) is 5.73 Å². The molecule has 2 heteroatoms. The number of nitrogen functional groups attached to an aromatic ring is 1. The van der Waals surface area contributed by atoms with Crippen molar-refractivity contribution in [1.29, 1.82) is 0 Å². The molecular formula is C26H41NO. The van der Waals surface area contributed by atoms with Crippen LogP contribution in [0.25, 0.3) is 0 Å². The molecule has 0 saturated heterocycles. The van der Waals surface area contributed by atoms with Crippen molar-refractivity contribution >= 4 is 11.5 Å². The predicted molar refractivity (Wildman–Crippen MR) is 119 cm³/mol. The number of benzene rings is 1. The number of carbonyl (C=O) groups is 1. The van der Waals surface area contributed by atoms with Crippen LogP contribution in [-0.4, -0.2) is 5.78 Å². The summed E-state index contributed by atoms with van der Waals surface area (Å²) in [5, 5.41) is 0. The fraction of sp³-hybridized carbons (Fsp3) is 0.731. The first-order chi connectivity index (χ1) is 13.5. The Hall–Kier alpha value is -1.31. The molecule has 1 aromatic carbocycles. The Labute approximate surface area is 172 Å². The fourth-order valence-electron chi connectivity index (χ4n) is 5.78. The molecule has 0 amide bonds. The zero-order valence-electron chi connectivity index (χ0n) is 18.4. The molecule has 1 aromatic rings. The van der Waals surface area contributed by atoms with E-state index in [-0.39, 0.29) is 0 Å². The molecule has 0 spiro atoms. The number of ketones is 1. The number of anilines is 1. The smallest absolute Gasteiger partial charge is 0.139 e. The lowest BCUT2D eigenvalue weighted by Gasteiger charge is -2.28. The van der Waals surface area contributed by atoms with Crippen molar-refractivity contribution in [3.63, 3.8) is 0 Å². The third-order valence-corrected chi connectivity index (χ3v) is 7.67. The van der Waals surface area contributed by atoms with Gasteiger partial charge in [0.25, 0.3) is 0 Å². The van der Waals surface area contributed by atoms with Crippen LogP contribution in [0.2, 0.25) is 0 Å². The molecule has 0 radical (unpaired) electrons. The average molecular weight is 384 g/mol. The molecule has 0 bridgehead atoms. The van der Waals surface area contributed by atoms with E-state index in [1.807, 2.05) is 0 Å². The zero-order chi connectivity index (χ0) is 20.1. The van der Waals surface area contributed by atoms with Crippen molar-refractivity contribution in [2.24, 2.45) is 23.7 Å². The third-order valence-electron chi connectivity index (χ3n) is 7.67. The predicted octanol–water partition coefficient (Wildman–Crippen LogP) is 6.80. The fourth-order valence-corrected chi connectivity index (χ4v) is 5.78. The van der Waals surface area contributed by atoms with E-state index >= 15 is 0 Å². The van der Waals surface area contributed by atoms with Crippen LogP contribution in [0.15, 0.2) is 12.1 Å². The molecule has 0 aliphatic heterocycles. The maximum Gasteiger partial charge on any atom is 0.139 e. The van der Waals surface area contributed by atoms with E-state index in [2.05, 4.69) is 32.9 Å². The number of rotatable bonds is 4. The SMILES string of the molecule is Cc1cc(N)c(C)c(CC2CCCCC(C(=O)C3CCCC3)[C@@H](C)CCC2)c1. The number of hydrogen-bond acceptors (Lipinski definition) is 2. The molecule has 3 atom stereocenters. The molecule has 156 valence electrons. The number of hydrogen-bond donors (Lipinski definition) is 1. The quantitative estimate of drug-likeness (QED) is 0.581. The van der Waals surface area contributed by atoms with Crippen molar-refractivity contribution in [3.8, 4) is 0 Å². The van der Waals surface area contributed by atoms with Gasteiger partial charge < -0.3 is 5.73 Å². The Balaban J connectivity index is 1.59. The van der Waals surface area contributed by atoms with E-state index in [0.29, 0.717) is 23.5 Å². The van der Waals surface area contributed by atoms with Crippen LogP contribution in [0.4, 0.5) is 5.69 Å². The summed E-state index contributed by atoms with van der Waals surface area (Å²) in [5.74, 6) is 2.65. The van der Waals surface area contributed by atoms with E-state index in [0.717, 1.165) is 37.3 Å². The molecule has 0 heterocycles. The molecular weight excluding hydrogens is 342 g/mol. The maximum absolute atomic E-state index is 13.1. The summed E-state index contributed by atoms with van der Waals surface area (Å²) in [5.41, 5.74) is 11.2. The summed E-state index contributed by atoms with van der Waals surface area (Å²) in [7, 11) is 0. The van der Waals surface area contributed by atoms with Gasteiger partial charge in [0.2, 0.25) is 0 Å². The van der Waals surface area contributed by atoms with Crippen LogP contribution in [0.3, 0.4) is 0 Å². The van der Waals surface area contributed by atoms with Crippen LogP contribution >= 0.6 is 0 Å². The van der Waals surface area contributed by atoms with Gasteiger partial charge in [-0.05, 0) is 74.1 Å². The van der Waals surface area contributed by atoms with Crippen molar-refractivity contribution in [2.45, 2.75) is 97.8 Å². The third kappa shape index (κ3) is 5.39. The molecule has 0 aromatic heterocycles. The number of Topliss-reactive ketones (excluding diaryl/α,β-unsaturated/α-hetero) is 1. The molecule has 2 unspecified atom stereocenters. The highest BCUT2D eigenvalue weighted by Gasteiger charge is 2.32. The van der Waals surface area contributed by atoms with Crippen LogP contribution in [0.1, 0.15) is 94.2 Å². The molecule has 2 fully saturated rings. The summed E-state index contributed by atoms with van der Waals surface area (Å²) >= 11 is 0. The maximum atomic E-state index is 13.1. The highest BCUT2D eigenvalue weighted by Crippen LogP contribution is 2.36. The van der Waals surface area contributed by atoms with Gasteiger partial charge in [-0.1, -0.05) is 64.4 Å². The van der Waals surface area contributed by atoms with Crippen molar-refractivity contribution in [2.75, 3.05) is 5.73 Å². The molecule has 3 rings (SSSR count). The molecule has 2 aliphatic carbocycles. The van der Waals surface area contributed by atoms with Crippen LogP contribution in [0, 0.1) is 37.5 Å². The summed E-state index contributed by atoms with van der Waals surface area (Å²) in [6.07, 6.45) is 14.7. The van der Waals surface area contributed by atoms with Crippen LogP contribution in [0.5, 0.6) is 0 Å². The Morgan fingerprint density at radius 2 is 1.57 bits per heavy atom. The number of aryl methyl sites for hydroxylation is 1. The van der Waals surface area contributed by atoms with Crippen molar-refractivity contribution in [3.05, 3.63) is 28.8 Å². The monoisotopic (exact) mass is 383 g/mol. The van der Waals surface area contributed by atoms with E-state index in [1.54, 1.807) is 0 Å². The van der Waals surface area contributed by atoms with Gasteiger partial charge in [0, 0.05) is 17.5 Å². The first-order valence-corrected chi connectivity index (χ1v) is 11.8. The second kappa shape index (κ2) is 9.94. The standard InChI is InChI=1S/C26H41NO/c1-18-15-23(20(3)25(27)16-18)17-21-10-4-7-14-24(19(2)9-8-11-21)26(28)22-12-5-6-13-22/h15-16,19,21-22,24H,4-14,17,27H2,1-3H3/t19-,21?,24?/m0/s1. The average Bonchev–Trinajstić information content (AvgIpc) is 3.19. The molecule has 28 heavy (non-hydrogen) atoms. The summed E-state index contributed by atoms with van der Waals surface area (Å²) in [4.78, 5) is 13.1. The first-order valence-electron chi connectivity index (χ1n) is 11.8. The van der Waals surface area contributed by atoms with Gasteiger partial charge in [-0.3, -0.25) is 4.79 Å². The Bertz CT molecular complexity index is 659. The van der Waals surface area contributed by atoms with Gasteiger partial charge in [0.05, 0.1) is 0 Å². The first kappa shape index (κ1) is 21.4. The molecule has 2 aliphatic rings.